The Balaban J connectivity index is 1.71. The molecule has 134 valence electrons. The number of nitriles is 1. The summed E-state index contributed by atoms with van der Waals surface area (Å²) in [5.41, 5.74) is 5.69. The fourth-order valence-electron chi connectivity index (χ4n) is 3.49. The van der Waals surface area contributed by atoms with Crippen LogP contribution in [0.2, 0.25) is 0 Å². The number of benzene rings is 2. The average Bonchev–Trinajstić information content (AvgIpc) is 3.38. The number of pyridine rings is 1. The van der Waals surface area contributed by atoms with Gasteiger partial charge in [0.15, 0.2) is 0 Å². The molecular weight excluding hydrogens is 364 g/mol. The van der Waals surface area contributed by atoms with E-state index in [2.05, 4.69) is 64.7 Å². The van der Waals surface area contributed by atoms with Crippen LogP contribution in [0, 0.1) is 18.3 Å². The highest BCUT2D eigenvalue weighted by atomic mass is 32.1. The first-order valence-electron chi connectivity index (χ1n) is 8.96. The normalized spacial score (nSPS) is 11.0. The number of aromatic nitrogens is 2. The number of aromatic amines is 1. The lowest BCUT2D eigenvalue weighted by molar-refractivity contribution is 1.38. The number of rotatable bonds is 3. The van der Waals surface area contributed by atoms with Crippen molar-refractivity contribution < 1.29 is 0 Å². The monoisotopic (exact) mass is 380 g/mol. The van der Waals surface area contributed by atoms with Gasteiger partial charge in [0.1, 0.15) is 10.9 Å². The van der Waals surface area contributed by atoms with Gasteiger partial charge in [-0.25, -0.2) is 4.98 Å². The maximum absolute atomic E-state index is 9.69. The van der Waals surface area contributed by atoms with Crippen molar-refractivity contribution in [2.24, 2.45) is 0 Å². The van der Waals surface area contributed by atoms with Gasteiger partial charge in [0.05, 0.1) is 16.9 Å². The minimum absolute atomic E-state index is 0.539. The lowest BCUT2D eigenvalue weighted by Crippen LogP contribution is -1.98. The number of hydrogen-bond donors (Lipinski definition) is 2. The predicted molar refractivity (Wildman–Crippen MR) is 116 cm³/mol. The molecule has 0 atom stereocenters. The largest absolute Gasteiger partial charge is 0.361 e. The van der Waals surface area contributed by atoms with Crippen LogP contribution in [0.1, 0.15) is 11.1 Å². The van der Waals surface area contributed by atoms with Crippen molar-refractivity contribution >= 4 is 43.8 Å². The lowest BCUT2D eigenvalue weighted by Gasteiger charge is -2.13. The number of anilines is 2. The van der Waals surface area contributed by atoms with Crippen molar-refractivity contribution in [3.05, 3.63) is 78.1 Å². The summed E-state index contributed by atoms with van der Waals surface area (Å²) in [6.45, 7) is 2.07. The molecule has 0 aliphatic rings. The molecule has 2 aromatic carbocycles. The second-order valence-corrected chi connectivity index (χ2v) is 7.71. The van der Waals surface area contributed by atoms with Gasteiger partial charge in [-0.05, 0) is 36.2 Å². The Hall–Kier alpha value is -3.62. The summed E-state index contributed by atoms with van der Waals surface area (Å²) in [5, 5.41) is 15.3. The maximum atomic E-state index is 9.69. The van der Waals surface area contributed by atoms with Crippen LogP contribution in [-0.2, 0) is 0 Å². The van der Waals surface area contributed by atoms with Crippen molar-refractivity contribution in [3.63, 3.8) is 0 Å². The van der Waals surface area contributed by atoms with Crippen LogP contribution >= 0.6 is 11.3 Å². The molecule has 5 rings (SSSR count). The van der Waals surface area contributed by atoms with Crippen molar-refractivity contribution in [1.29, 1.82) is 5.26 Å². The van der Waals surface area contributed by atoms with E-state index in [0.717, 1.165) is 48.5 Å². The summed E-state index contributed by atoms with van der Waals surface area (Å²) >= 11 is 1.64. The second kappa shape index (κ2) is 6.52. The van der Waals surface area contributed by atoms with Crippen molar-refractivity contribution in [2.45, 2.75) is 6.92 Å². The van der Waals surface area contributed by atoms with Gasteiger partial charge in [-0.15, -0.1) is 11.3 Å². The van der Waals surface area contributed by atoms with Gasteiger partial charge in [-0.1, -0.05) is 36.4 Å². The van der Waals surface area contributed by atoms with Gasteiger partial charge in [-0.3, -0.25) is 0 Å². The van der Waals surface area contributed by atoms with E-state index in [0.29, 0.717) is 5.56 Å². The van der Waals surface area contributed by atoms with E-state index in [9.17, 15) is 5.26 Å². The molecule has 0 saturated carbocycles. The Bertz CT molecular complexity index is 1360. The molecule has 28 heavy (non-hydrogen) atoms. The predicted octanol–water partition coefficient (Wildman–Crippen LogP) is 6.37. The quantitative estimate of drug-likeness (QED) is 0.382. The number of nitrogens with one attached hydrogen (secondary N) is 2. The summed E-state index contributed by atoms with van der Waals surface area (Å²) in [6.07, 6.45) is 3.59. The van der Waals surface area contributed by atoms with E-state index in [1.807, 2.05) is 24.4 Å². The molecule has 0 bridgehead atoms. The third kappa shape index (κ3) is 2.63. The van der Waals surface area contributed by atoms with Crippen molar-refractivity contribution in [2.75, 3.05) is 5.32 Å². The molecular formula is C23H16N4S. The van der Waals surface area contributed by atoms with E-state index in [-0.39, 0.29) is 0 Å². The number of aryl methyl sites for hydroxylation is 1. The fourth-order valence-corrected chi connectivity index (χ4v) is 4.50. The van der Waals surface area contributed by atoms with Gasteiger partial charge >= 0.3 is 0 Å². The van der Waals surface area contributed by atoms with E-state index in [4.69, 9.17) is 0 Å². The van der Waals surface area contributed by atoms with E-state index in [1.165, 1.54) is 0 Å². The van der Waals surface area contributed by atoms with Gasteiger partial charge in [-0.2, -0.15) is 5.26 Å². The maximum Gasteiger partial charge on any atom is 0.126 e. The van der Waals surface area contributed by atoms with Crippen molar-refractivity contribution in [3.8, 4) is 16.5 Å². The standard InChI is InChI=1S/C23H16N4S/c1-14-7-8-19-17(9-10-25-19)21(14)27-22-16(12-24)13-26-23-18(22)11-20(28-23)15-5-3-2-4-6-15/h2-11,13,25H,1H3,(H,26,27). The molecule has 0 aliphatic carbocycles. The fraction of sp³-hybridized carbons (Fsp3) is 0.0435. The molecule has 3 heterocycles. The Morgan fingerprint density at radius 3 is 2.71 bits per heavy atom. The summed E-state index contributed by atoms with van der Waals surface area (Å²) in [7, 11) is 0. The van der Waals surface area contributed by atoms with Crippen LogP contribution in [-0.4, -0.2) is 9.97 Å². The molecule has 0 saturated heterocycles. The topological polar surface area (TPSA) is 64.5 Å². The highest BCUT2D eigenvalue weighted by Crippen LogP contribution is 2.39. The van der Waals surface area contributed by atoms with Gasteiger partial charge in [0.2, 0.25) is 0 Å². The summed E-state index contributed by atoms with van der Waals surface area (Å²) < 4.78 is 0. The van der Waals surface area contributed by atoms with Gasteiger partial charge in [0.25, 0.3) is 0 Å². The van der Waals surface area contributed by atoms with Gasteiger partial charge < -0.3 is 10.3 Å². The highest BCUT2D eigenvalue weighted by molar-refractivity contribution is 7.21. The highest BCUT2D eigenvalue weighted by Gasteiger charge is 2.15. The minimum atomic E-state index is 0.539. The second-order valence-electron chi connectivity index (χ2n) is 6.68. The van der Waals surface area contributed by atoms with Crippen LogP contribution in [0.4, 0.5) is 11.4 Å². The van der Waals surface area contributed by atoms with Crippen LogP contribution in [0.3, 0.4) is 0 Å². The number of hydrogen-bond acceptors (Lipinski definition) is 4. The zero-order chi connectivity index (χ0) is 19.1. The molecule has 0 amide bonds. The average molecular weight is 380 g/mol. The summed E-state index contributed by atoms with van der Waals surface area (Å²) in [4.78, 5) is 9.83. The molecule has 5 aromatic rings. The van der Waals surface area contributed by atoms with Crippen LogP contribution in [0.25, 0.3) is 31.6 Å². The number of H-pyrrole nitrogens is 1. The molecule has 3 aromatic heterocycles. The smallest absolute Gasteiger partial charge is 0.126 e. The van der Waals surface area contributed by atoms with E-state index >= 15 is 0 Å². The third-order valence-corrected chi connectivity index (χ3v) is 6.03. The zero-order valence-corrected chi connectivity index (χ0v) is 16.0. The van der Waals surface area contributed by atoms with E-state index < -0.39 is 0 Å². The summed E-state index contributed by atoms with van der Waals surface area (Å²) in [6, 6.07) is 20.9. The first-order valence-corrected chi connectivity index (χ1v) is 9.78. The molecule has 0 fully saturated rings. The Morgan fingerprint density at radius 2 is 1.89 bits per heavy atom. The number of fused-ring (bicyclic) bond motifs is 2. The first-order chi connectivity index (χ1) is 13.7. The number of nitrogens with zero attached hydrogens (tertiary/aromatic N) is 2. The van der Waals surface area contributed by atoms with E-state index in [1.54, 1.807) is 17.5 Å². The van der Waals surface area contributed by atoms with Gasteiger partial charge in [0, 0.05) is 33.6 Å². The van der Waals surface area contributed by atoms with Crippen LogP contribution in [0.15, 0.2) is 67.0 Å². The Kier molecular flexibility index (Phi) is 3.85. The molecule has 0 aliphatic heterocycles. The molecule has 4 nitrogen and oxygen atoms in total. The Morgan fingerprint density at radius 1 is 1.04 bits per heavy atom. The van der Waals surface area contributed by atoms with Crippen LogP contribution in [0.5, 0.6) is 0 Å². The number of thiophene rings is 1. The van der Waals surface area contributed by atoms with Crippen molar-refractivity contribution in [1.82, 2.24) is 9.97 Å². The zero-order valence-electron chi connectivity index (χ0n) is 15.2. The molecule has 0 spiro atoms. The lowest BCUT2D eigenvalue weighted by atomic mass is 10.1. The molecule has 0 radical (unpaired) electrons. The minimum Gasteiger partial charge on any atom is -0.361 e. The first kappa shape index (κ1) is 16.5. The molecule has 5 heteroatoms. The molecule has 0 unspecified atom stereocenters. The third-order valence-electron chi connectivity index (χ3n) is 4.93. The summed E-state index contributed by atoms with van der Waals surface area (Å²) in [5.74, 6) is 0. The van der Waals surface area contributed by atoms with Crippen LogP contribution < -0.4 is 5.32 Å². The SMILES string of the molecule is Cc1ccc2[nH]ccc2c1Nc1c(C#N)cnc2sc(-c3ccccc3)cc12. The molecule has 2 N–H and O–H groups in total. The Labute approximate surface area is 166 Å².